The van der Waals surface area contributed by atoms with Gasteiger partial charge in [0.25, 0.3) is 5.91 Å². The molecule has 0 spiro atoms. The molecule has 34 heavy (non-hydrogen) atoms. The monoisotopic (exact) mass is 469 g/mol. The van der Waals surface area contributed by atoms with Crippen LogP contribution in [-0.4, -0.2) is 34.2 Å². The van der Waals surface area contributed by atoms with Gasteiger partial charge in [-0.15, -0.1) is 0 Å². The summed E-state index contributed by atoms with van der Waals surface area (Å²) in [5.41, 5.74) is 1.90. The number of nitrogens with zero attached hydrogens (tertiary/aromatic N) is 1. The van der Waals surface area contributed by atoms with E-state index in [1.165, 1.54) is 6.07 Å². The lowest BCUT2D eigenvalue weighted by atomic mass is 10.0. The normalized spacial score (nSPS) is 16.0. The zero-order chi connectivity index (χ0) is 24.5. The van der Waals surface area contributed by atoms with Gasteiger partial charge in [0, 0.05) is 29.9 Å². The van der Waals surface area contributed by atoms with Gasteiger partial charge in [-0.25, -0.2) is 8.78 Å². The highest BCUT2D eigenvalue weighted by atomic mass is 19.1. The number of aliphatic hydroxyl groups excluding tert-OH is 1. The van der Waals surface area contributed by atoms with Gasteiger partial charge in [-0.3, -0.25) is 4.79 Å². The van der Waals surface area contributed by atoms with Crippen LogP contribution in [0.5, 0.6) is 11.5 Å². The molecule has 0 bridgehead atoms. The van der Waals surface area contributed by atoms with E-state index in [0.29, 0.717) is 16.8 Å². The summed E-state index contributed by atoms with van der Waals surface area (Å²) in [6.07, 6.45) is 2.79. The number of carbonyl (C=O) groups is 1. The summed E-state index contributed by atoms with van der Waals surface area (Å²) in [4.78, 5) is 13.3. The number of aliphatic hydroxyl groups is 1. The summed E-state index contributed by atoms with van der Waals surface area (Å²) in [6.45, 7) is 7.03. The Morgan fingerprint density at radius 1 is 1.18 bits per heavy atom. The van der Waals surface area contributed by atoms with Crippen molar-refractivity contribution >= 4 is 5.91 Å². The Bertz CT molecular complexity index is 1160. The molecule has 180 valence electrons. The van der Waals surface area contributed by atoms with Crippen molar-refractivity contribution < 1.29 is 23.4 Å². The molecule has 0 radical (unpaired) electrons. The van der Waals surface area contributed by atoms with E-state index in [1.807, 2.05) is 31.5 Å². The number of nitrogens with one attached hydrogen (secondary N) is 2. The van der Waals surface area contributed by atoms with Crippen molar-refractivity contribution in [2.24, 2.45) is 0 Å². The lowest BCUT2D eigenvalue weighted by Crippen LogP contribution is -2.41. The minimum atomic E-state index is -0.792. The van der Waals surface area contributed by atoms with Crippen molar-refractivity contribution in [1.29, 1.82) is 0 Å². The van der Waals surface area contributed by atoms with Crippen LogP contribution in [0.2, 0.25) is 0 Å². The van der Waals surface area contributed by atoms with Crippen LogP contribution < -0.4 is 15.4 Å². The Morgan fingerprint density at radius 2 is 1.85 bits per heavy atom. The highest BCUT2D eigenvalue weighted by molar-refractivity contribution is 6.02. The minimum absolute atomic E-state index is 0.128. The summed E-state index contributed by atoms with van der Waals surface area (Å²) in [7, 11) is 0. The fourth-order valence-electron chi connectivity index (χ4n) is 4.21. The number of ether oxygens (including phenoxy) is 1. The third-order valence-electron chi connectivity index (χ3n) is 5.73. The molecule has 1 aliphatic rings. The average molecular weight is 470 g/mol. The zero-order valence-electron chi connectivity index (χ0n) is 19.5. The number of amides is 1. The number of aromatic nitrogens is 1. The molecular formula is C26H29F2N3O3. The number of para-hydroxylation sites is 1. The molecule has 1 saturated heterocycles. The van der Waals surface area contributed by atoms with E-state index in [9.17, 15) is 18.7 Å². The van der Waals surface area contributed by atoms with Crippen LogP contribution in [0.1, 0.15) is 49.3 Å². The molecule has 0 aliphatic carbocycles. The average Bonchev–Trinajstić information content (AvgIpc) is 3.43. The first-order valence-electron chi connectivity index (χ1n) is 11.3. The molecule has 1 unspecified atom stereocenters. The molecule has 6 nitrogen and oxygen atoms in total. The topological polar surface area (TPSA) is 75.5 Å². The van der Waals surface area contributed by atoms with Crippen molar-refractivity contribution in [3.8, 4) is 22.6 Å². The van der Waals surface area contributed by atoms with Crippen molar-refractivity contribution in [1.82, 2.24) is 15.2 Å². The number of hydrogen-bond acceptors (Lipinski definition) is 4. The minimum Gasteiger partial charge on any atom is -0.451 e. The quantitative estimate of drug-likeness (QED) is 0.486. The molecule has 4 rings (SSSR count). The Labute approximate surface area is 197 Å². The van der Waals surface area contributed by atoms with Crippen LogP contribution in [-0.2, 0) is 6.61 Å². The molecule has 3 aromatic rings. The van der Waals surface area contributed by atoms with Crippen LogP contribution >= 0.6 is 0 Å². The van der Waals surface area contributed by atoms with E-state index >= 15 is 0 Å². The van der Waals surface area contributed by atoms with Gasteiger partial charge in [0.05, 0.1) is 17.9 Å². The predicted octanol–water partition coefficient (Wildman–Crippen LogP) is 4.78. The molecule has 0 saturated carbocycles. The number of rotatable bonds is 6. The van der Waals surface area contributed by atoms with Gasteiger partial charge in [0.15, 0.2) is 17.4 Å². The van der Waals surface area contributed by atoms with E-state index in [4.69, 9.17) is 4.74 Å². The van der Waals surface area contributed by atoms with E-state index in [-0.39, 0.29) is 24.3 Å². The van der Waals surface area contributed by atoms with E-state index in [2.05, 4.69) is 10.6 Å². The van der Waals surface area contributed by atoms with Gasteiger partial charge in [-0.05, 0) is 63.6 Å². The number of carbonyl (C=O) groups excluding carboxylic acids is 1. The van der Waals surface area contributed by atoms with E-state index < -0.39 is 22.9 Å². The maximum atomic E-state index is 14.0. The van der Waals surface area contributed by atoms with Gasteiger partial charge < -0.3 is 25.0 Å². The van der Waals surface area contributed by atoms with Gasteiger partial charge in [0.1, 0.15) is 5.75 Å². The van der Waals surface area contributed by atoms with Crippen molar-refractivity contribution in [2.75, 3.05) is 13.1 Å². The first-order chi connectivity index (χ1) is 16.2. The smallest absolute Gasteiger partial charge is 0.254 e. The Balaban J connectivity index is 1.73. The van der Waals surface area contributed by atoms with Crippen molar-refractivity contribution in [2.45, 2.75) is 45.4 Å². The summed E-state index contributed by atoms with van der Waals surface area (Å²) in [6, 6.07) is 10.3. The highest BCUT2D eigenvalue weighted by Crippen LogP contribution is 2.35. The van der Waals surface area contributed by atoms with Crippen LogP contribution in [0.4, 0.5) is 8.78 Å². The molecule has 1 fully saturated rings. The predicted molar refractivity (Wildman–Crippen MR) is 126 cm³/mol. The van der Waals surface area contributed by atoms with Gasteiger partial charge in [-0.2, -0.15) is 0 Å². The van der Waals surface area contributed by atoms with Crippen LogP contribution in [0.25, 0.3) is 11.1 Å². The lowest BCUT2D eigenvalue weighted by Gasteiger charge is -2.22. The number of halogens is 2. The molecule has 2 heterocycles. The van der Waals surface area contributed by atoms with Crippen LogP contribution in [0.3, 0.4) is 0 Å². The largest absolute Gasteiger partial charge is 0.451 e. The number of hydrogen-bond donors (Lipinski definition) is 3. The first kappa shape index (κ1) is 23.9. The molecule has 1 amide bonds. The van der Waals surface area contributed by atoms with Crippen LogP contribution in [0, 0.1) is 11.6 Å². The van der Waals surface area contributed by atoms with Gasteiger partial charge in [-0.1, -0.05) is 18.2 Å². The summed E-state index contributed by atoms with van der Waals surface area (Å²) >= 11 is 0. The highest BCUT2D eigenvalue weighted by Gasteiger charge is 2.29. The molecule has 1 aromatic heterocycles. The van der Waals surface area contributed by atoms with E-state index in [1.54, 1.807) is 24.3 Å². The fraction of sp³-hybridized carbons (Fsp3) is 0.346. The maximum absolute atomic E-state index is 14.0. The molecule has 8 heteroatoms. The first-order valence-corrected chi connectivity index (χ1v) is 11.3. The molecular weight excluding hydrogens is 440 g/mol. The molecule has 1 aliphatic heterocycles. The maximum Gasteiger partial charge on any atom is 0.254 e. The van der Waals surface area contributed by atoms with Crippen molar-refractivity contribution in [3.63, 3.8) is 0 Å². The van der Waals surface area contributed by atoms with Gasteiger partial charge >= 0.3 is 0 Å². The summed E-state index contributed by atoms with van der Waals surface area (Å²) in [5, 5.41) is 16.5. The second-order valence-corrected chi connectivity index (χ2v) is 9.46. The fourth-order valence-corrected chi connectivity index (χ4v) is 4.21. The molecule has 1 atom stereocenters. The second kappa shape index (κ2) is 9.56. The Hall–Kier alpha value is -3.23. The SMILES string of the molecule is CC(C)(C)NC(=O)c1c(-c2ccc(Oc3c(F)cccc3F)cc2)cn(C2CCNC2)c1CO. The van der Waals surface area contributed by atoms with Crippen LogP contribution in [0.15, 0.2) is 48.7 Å². The zero-order valence-corrected chi connectivity index (χ0v) is 19.5. The summed E-state index contributed by atoms with van der Waals surface area (Å²) < 4.78 is 35.3. The second-order valence-electron chi connectivity index (χ2n) is 9.46. The Kier molecular flexibility index (Phi) is 6.72. The molecule has 2 aromatic carbocycles. The third-order valence-corrected chi connectivity index (χ3v) is 5.73. The summed E-state index contributed by atoms with van der Waals surface area (Å²) in [5.74, 6) is -2.07. The van der Waals surface area contributed by atoms with E-state index in [0.717, 1.165) is 37.2 Å². The van der Waals surface area contributed by atoms with Gasteiger partial charge in [0.2, 0.25) is 0 Å². The third kappa shape index (κ3) is 4.98. The van der Waals surface area contributed by atoms with Crippen molar-refractivity contribution in [3.05, 3.63) is 71.6 Å². The number of benzene rings is 2. The lowest BCUT2D eigenvalue weighted by molar-refractivity contribution is 0.0916. The Morgan fingerprint density at radius 3 is 2.41 bits per heavy atom. The standard InChI is InChI=1S/C26H29F2N3O3/c1-26(2,3)30-25(33)23-19(14-31(22(23)15-32)17-11-12-29-13-17)16-7-9-18(10-8-16)34-24-20(27)5-4-6-21(24)28/h4-10,14,17,29,32H,11-13,15H2,1-3H3,(H,30,33). The molecule has 3 N–H and O–H groups in total.